The topological polar surface area (TPSA) is 111 Å². The molecule has 6 rings (SSSR count). The number of carbonyl (C=O) groups is 4. The van der Waals surface area contributed by atoms with Crippen LogP contribution >= 0.6 is 0 Å². The standard InChI is InChI=1S/C28H35F2N5O5/c1-17-3-5-20(14-33-11-9-26(10-12-33)16-28(26,29)30)35(17)22(36)15-34-23(37)27(40-25(34)39)8-7-18-13-19(4-6-21(18)27)32-24(38)31-2/h4,6,13,17,20H,3,5,7-12,14-16H2,1-2H3,(H2,31,32,38)/t17?,20-,27+/m0/s1. The Hall–Kier alpha value is -3.28. The average Bonchev–Trinajstić information content (AvgIpc) is 3.22. The van der Waals surface area contributed by atoms with E-state index in [1.165, 1.54) is 7.05 Å². The van der Waals surface area contributed by atoms with Gasteiger partial charge in [0.2, 0.25) is 11.5 Å². The minimum absolute atomic E-state index is 0.0150. The average molecular weight is 560 g/mol. The van der Waals surface area contributed by atoms with Gasteiger partial charge in [-0.2, -0.15) is 0 Å². The van der Waals surface area contributed by atoms with Crippen LogP contribution in [0.1, 0.15) is 56.6 Å². The molecule has 216 valence electrons. The lowest BCUT2D eigenvalue weighted by atomic mass is 9.92. The highest BCUT2D eigenvalue weighted by Crippen LogP contribution is 2.65. The van der Waals surface area contributed by atoms with Crippen LogP contribution in [0.3, 0.4) is 0 Å². The molecule has 3 atom stereocenters. The van der Waals surface area contributed by atoms with E-state index in [0.717, 1.165) is 23.3 Å². The monoisotopic (exact) mass is 559 g/mol. The number of nitrogens with one attached hydrogen (secondary N) is 2. The number of hydrogen-bond acceptors (Lipinski definition) is 6. The van der Waals surface area contributed by atoms with Gasteiger partial charge in [-0.1, -0.05) is 6.07 Å². The van der Waals surface area contributed by atoms with Crippen LogP contribution in [-0.2, 0) is 26.3 Å². The van der Waals surface area contributed by atoms with Gasteiger partial charge in [-0.25, -0.2) is 23.3 Å². The normalized spacial score (nSPS) is 30.1. The lowest BCUT2D eigenvalue weighted by Gasteiger charge is -2.37. The van der Waals surface area contributed by atoms with E-state index in [1.807, 2.05) is 6.92 Å². The first-order valence-electron chi connectivity index (χ1n) is 14.1. The number of piperidine rings is 1. The molecule has 1 unspecified atom stereocenters. The summed E-state index contributed by atoms with van der Waals surface area (Å²) in [7, 11) is 1.51. The molecule has 1 aromatic rings. The van der Waals surface area contributed by atoms with Crippen LogP contribution in [0.2, 0.25) is 0 Å². The van der Waals surface area contributed by atoms with Crippen LogP contribution in [0.25, 0.3) is 0 Å². The molecule has 5 aliphatic rings. The van der Waals surface area contributed by atoms with Crippen molar-refractivity contribution in [2.75, 3.05) is 38.5 Å². The predicted octanol–water partition coefficient (Wildman–Crippen LogP) is 3.06. The molecule has 1 saturated carbocycles. The zero-order chi connectivity index (χ0) is 28.4. The van der Waals surface area contributed by atoms with Crippen molar-refractivity contribution in [3.8, 4) is 0 Å². The van der Waals surface area contributed by atoms with Crippen LogP contribution in [0.5, 0.6) is 0 Å². The first kappa shape index (κ1) is 26.9. The summed E-state index contributed by atoms with van der Waals surface area (Å²) >= 11 is 0. The molecule has 0 bridgehead atoms. The number of alkyl halides is 2. The molecular weight excluding hydrogens is 524 g/mol. The van der Waals surface area contributed by atoms with E-state index in [0.29, 0.717) is 50.1 Å². The minimum Gasteiger partial charge on any atom is -0.427 e. The summed E-state index contributed by atoms with van der Waals surface area (Å²) in [5, 5.41) is 5.18. The Kier molecular flexibility index (Phi) is 6.32. The van der Waals surface area contributed by atoms with Gasteiger partial charge in [-0.3, -0.25) is 9.59 Å². The Morgan fingerprint density at radius 2 is 1.85 bits per heavy atom. The quantitative estimate of drug-likeness (QED) is 0.574. The van der Waals surface area contributed by atoms with Crippen molar-refractivity contribution in [3.05, 3.63) is 29.3 Å². The number of ether oxygens (including phenoxy) is 1. The van der Waals surface area contributed by atoms with E-state index in [2.05, 4.69) is 15.5 Å². The summed E-state index contributed by atoms with van der Waals surface area (Å²) < 4.78 is 33.3. The van der Waals surface area contributed by atoms with E-state index in [1.54, 1.807) is 23.1 Å². The minimum atomic E-state index is -2.54. The zero-order valence-corrected chi connectivity index (χ0v) is 22.8. The van der Waals surface area contributed by atoms with Gasteiger partial charge in [0.05, 0.1) is 0 Å². The smallest absolute Gasteiger partial charge is 0.418 e. The first-order chi connectivity index (χ1) is 19.0. The Balaban J connectivity index is 1.12. The molecule has 2 N–H and O–H groups in total. The number of anilines is 1. The third kappa shape index (κ3) is 4.22. The highest BCUT2D eigenvalue weighted by atomic mass is 19.3. The molecular formula is C28H35F2N5O5. The van der Waals surface area contributed by atoms with E-state index in [9.17, 15) is 28.0 Å². The number of nitrogens with zero attached hydrogens (tertiary/aromatic N) is 3. The number of urea groups is 1. The second-order valence-corrected chi connectivity index (χ2v) is 12.0. The van der Waals surface area contributed by atoms with Gasteiger partial charge < -0.3 is 25.2 Å². The highest BCUT2D eigenvalue weighted by Gasteiger charge is 2.70. The Labute approximate surface area is 231 Å². The van der Waals surface area contributed by atoms with Gasteiger partial charge in [-0.15, -0.1) is 0 Å². The lowest BCUT2D eigenvalue weighted by Crippen LogP contribution is -2.51. The molecule has 12 heteroatoms. The largest absolute Gasteiger partial charge is 0.427 e. The number of aryl methyl sites for hydroxylation is 1. The van der Waals surface area contributed by atoms with Crippen molar-refractivity contribution in [2.24, 2.45) is 5.41 Å². The third-order valence-electron chi connectivity index (χ3n) is 9.70. The number of fused-ring (bicyclic) bond motifs is 2. The van der Waals surface area contributed by atoms with Crippen molar-refractivity contribution in [1.29, 1.82) is 0 Å². The fourth-order valence-corrected chi connectivity index (χ4v) is 7.23. The maximum Gasteiger partial charge on any atom is 0.418 e. The molecule has 3 heterocycles. The second kappa shape index (κ2) is 9.39. The lowest BCUT2D eigenvalue weighted by molar-refractivity contribution is -0.143. The van der Waals surface area contributed by atoms with Crippen LogP contribution in [-0.4, -0.2) is 89.9 Å². The van der Waals surface area contributed by atoms with Gasteiger partial charge in [0, 0.05) is 55.2 Å². The molecule has 40 heavy (non-hydrogen) atoms. The van der Waals surface area contributed by atoms with Gasteiger partial charge in [0.15, 0.2) is 0 Å². The summed E-state index contributed by atoms with van der Waals surface area (Å²) in [6.45, 7) is 3.32. The Bertz CT molecular complexity index is 1270. The molecule has 3 saturated heterocycles. The van der Waals surface area contributed by atoms with Gasteiger partial charge in [0.25, 0.3) is 11.8 Å². The number of halogens is 2. The summed E-state index contributed by atoms with van der Waals surface area (Å²) in [5.74, 6) is -3.41. The van der Waals surface area contributed by atoms with Crippen molar-refractivity contribution < 1.29 is 32.7 Å². The maximum atomic E-state index is 13.8. The molecule has 4 fully saturated rings. The molecule has 10 nitrogen and oxygen atoms in total. The number of imide groups is 1. The zero-order valence-electron chi connectivity index (χ0n) is 22.8. The van der Waals surface area contributed by atoms with Gasteiger partial charge in [-0.05, 0) is 69.8 Å². The number of hydrogen-bond donors (Lipinski definition) is 2. The van der Waals surface area contributed by atoms with Crippen LogP contribution in [0.4, 0.5) is 24.1 Å². The second-order valence-electron chi connectivity index (χ2n) is 12.0. The molecule has 2 spiro atoms. The number of carbonyl (C=O) groups excluding carboxylic acids is 4. The van der Waals surface area contributed by atoms with E-state index >= 15 is 0 Å². The van der Waals surface area contributed by atoms with Crippen molar-refractivity contribution in [2.45, 2.75) is 75.5 Å². The summed E-state index contributed by atoms with van der Waals surface area (Å²) in [4.78, 5) is 56.6. The third-order valence-corrected chi connectivity index (χ3v) is 9.70. The predicted molar refractivity (Wildman–Crippen MR) is 140 cm³/mol. The molecule has 2 aliphatic carbocycles. The maximum absolute atomic E-state index is 13.8. The SMILES string of the molecule is CNC(=O)Nc1ccc2c(c1)CC[C@@]21OC(=O)N(CC(=O)N2C(C)CC[C@H]2CN2CCC3(CC2)CC3(F)F)C1=O. The number of amides is 5. The molecule has 5 amide bonds. The molecule has 0 aromatic heterocycles. The van der Waals surface area contributed by atoms with E-state index in [4.69, 9.17) is 4.74 Å². The number of benzene rings is 1. The Morgan fingerprint density at radius 1 is 1.12 bits per heavy atom. The van der Waals surface area contributed by atoms with Crippen molar-refractivity contribution in [3.63, 3.8) is 0 Å². The number of likely N-dealkylation sites (tertiary alicyclic amines) is 2. The van der Waals surface area contributed by atoms with Crippen LogP contribution < -0.4 is 10.6 Å². The Morgan fingerprint density at radius 3 is 2.52 bits per heavy atom. The summed E-state index contributed by atoms with van der Waals surface area (Å²) in [6.07, 6.45) is 2.41. The highest BCUT2D eigenvalue weighted by molar-refractivity contribution is 6.06. The van der Waals surface area contributed by atoms with E-state index in [-0.39, 0.29) is 36.9 Å². The molecule has 0 radical (unpaired) electrons. The number of rotatable bonds is 5. The fourth-order valence-electron chi connectivity index (χ4n) is 7.23. The van der Waals surface area contributed by atoms with Gasteiger partial charge >= 0.3 is 12.1 Å². The van der Waals surface area contributed by atoms with Crippen LogP contribution in [0, 0.1) is 5.41 Å². The van der Waals surface area contributed by atoms with Crippen molar-refractivity contribution >= 4 is 29.6 Å². The first-order valence-corrected chi connectivity index (χ1v) is 14.1. The summed E-state index contributed by atoms with van der Waals surface area (Å²) in [6, 6.07) is 4.57. The van der Waals surface area contributed by atoms with Crippen LogP contribution in [0.15, 0.2) is 18.2 Å². The summed E-state index contributed by atoms with van der Waals surface area (Å²) in [5.41, 5.74) is -0.371. The molecule has 1 aromatic carbocycles. The molecule has 3 aliphatic heterocycles. The van der Waals surface area contributed by atoms with Gasteiger partial charge in [0.1, 0.15) is 6.54 Å². The fraction of sp³-hybridized carbons (Fsp3) is 0.643. The van der Waals surface area contributed by atoms with Crippen molar-refractivity contribution in [1.82, 2.24) is 20.0 Å². The van der Waals surface area contributed by atoms with E-state index < -0.39 is 35.5 Å².